The summed E-state index contributed by atoms with van der Waals surface area (Å²) in [6.07, 6.45) is 4.08. The number of hydrogen-bond donors (Lipinski definition) is 1. The molecule has 1 aromatic carbocycles. The number of carbonyl (C=O) groups excluding carboxylic acids is 2. The summed E-state index contributed by atoms with van der Waals surface area (Å²) in [4.78, 5) is 39.1. The number of ether oxygens (including phenoxy) is 1. The highest BCUT2D eigenvalue weighted by Crippen LogP contribution is 2.41. The lowest BCUT2D eigenvalue weighted by Gasteiger charge is -2.21. The summed E-state index contributed by atoms with van der Waals surface area (Å²) in [5, 5.41) is 4.33. The number of carbonyl (C=O) groups is 2. The number of benzene rings is 1. The number of halogens is 1. The zero-order valence-corrected chi connectivity index (χ0v) is 24.5. The number of aryl methyl sites for hydroxylation is 1. The van der Waals surface area contributed by atoms with E-state index < -0.39 is 5.92 Å². The minimum absolute atomic E-state index is 0.0374. The molecule has 3 aromatic rings. The fourth-order valence-electron chi connectivity index (χ4n) is 5.18. The molecule has 0 radical (unpaired) electrons. The third-order valence-corrected chi connectivity index (χ3v) is 6.97. The van der Waals surface area contributed by atoms with E-state index in [-0.39, 0.29) is 24.0 Å². The lowest BCUT2D eigenvalue weighted by Crippen LogP contribution is -2.26. The third kappa shape index (κ3) is 6.34. The van der Waals surface area contributed by atoms with Crippen LogP contribution in [0.25, 0.3) is 22.3 Å². The second kappa shape index (κ2) is 14.8. The predicted octanol–water partition coefficient (Wildman–Crippen LogP) is 6.00. The van der Waals surface area contributed by atoms with Gasteiger partial charge in [-0.3, -0.25) is 4.79 Å². The van der Waals surface area contributed by atoms with Crippen LogP contribution in [-0.4, -0.2) is 36.3 Å². The lowest BCUT2D eigenvalue weighted by atomic mass is 9.91. The fourth-order valence-corrected chi connectivity index (χ4v) is 5.18. The van der Waals surface area contributed by atoms with Crippen molar-refractivity contribution in [2.75, 3.05) is 14.2 Å². The van der Waals surface area contributed by atoms with E-state index in [1.54, 1.807) is 18.6 Å². The summed E-state index contributed by atoms with van der Waals surface area (Å²) in [6.45, 7) is 11.8. The van der Waals surface area contributed by atoms with Gasteiger partial charge in [-0.2, -0.15) is 0 Å². The molecule has 0 saturated heterocycles. The quantitative estimate of drug-likeness (QED) is 0.262. The van der Waals surface area contributed by atoms with Crippen molar-refractivity contribution in [2.24, 2.45) is 0 Å². The van der Waals surface area contributed by atoms with Crippen molar-refractivity contribution < 1.29 is 18.7 Å². The predicted molar refractivity (Wildman–Crippen MR) is 155 cm³/mol. The van der Waals surface area contributed by atoms with Crippen LogP contribution in [-0.2, 0) is 27.5 Å². The summed E-state index contributed by atoms with van der Waals surface area (Å²) in [6, 6.07) is 5.29. The maximum absolute atomic E-state index is 14.6. The Kier molecular flexibility index (Phi) is 12.1. The van der Waals surface area contributed by atoms with Crippen molar-refractivity contribution in [3.8, 4) is 11.4 Å². The first-order valence-electron chi connectivity index (χ1n) is 13.7. The van der Waals surface area contributed by atoms with Crippen LogP contribution in [0.2, 0.25) is 0 Å². The summed E-state index contributed by atoms with van der Waals surface area (Å²) >= 11 is 0. The van der Waals surface area contributed by atoms with E-state index >= 15 is 0 Å². The molecule has 212 valence electrons. The fraction of sp³-hybridized carbons (Fsp3) is 0.484. The van der Waals surface area contributed by atoms with Gasteiger partial charge < -0.3 is 24.2 Å². The molecule has 0 bridgehead atoms. The number of methoxy groups -OCH3 is 1. The van der Waals surface area contributed by atoms with Gasteiger partial charge in [-0.05, 0) is 62.6 Å². The maximum Gasteiger partial charge on any atom is 0.257 e. The molecule has 7 nitrogen and oxygen atoms in total. The second-order valence-electron chi connectivity index (χ2n) is 9.28. The van der Waals surface area contributed by atoms with E-state index in [2.05, 4.69) is 12.2 Å². The highest BCUT2D eigenvalue weighted by molar-refractivity contribution is 5.89. The van der Waals surface area contributed by atoms with Gasteiger partial charge in [0, 0.05) is 41.6 Å². The molecule has 4 rings (SSSR count). The Balaban J connectivity index is 0.000000998. The summed E-state index contributed by atoms with van der Waals surface area (Å²) in [5.41, 5.74) is 5.55. The number of rotatable bonds is 9. The first-order chi connectivity index (χ1) is 18.8. The van der Waals surface area contributed by atoms with Crippen LogP contribution in [0.1, 0.15) is 93.7 Å². The van der Waals surface area contributed by atoms with Crippen molar-refractivity contribution in [3.05, 3.63) is 62.2 Å². The molecule has 1 aliphatic rings. The van der Waals surface area contributed by atoms with E-state index in [1.165, 1.54) is 13.0 Å². The lowest BCUT2D eigenvalue weighted by molar-refractivity contribution is -0.109. The molecule has 1 aliphatic heterocycles. The van der Waals surface area contributed by atoms with Gasteiger partial charge in [-0.15, -0.1) is 0 Å². The maximum atomic E-state index is 14.6. The molecule has 1 N–H and O–H groups in total. The SMILES string of the molecule is CC.CC=O.CCCC(NC)c1c2c(nc3cc(F)c(C)cc13)-c1cc(C(C=O)CC)c(COC)c(=O)n1C2. The van der Waals surface area contributed by atoms with Crippen LogP contribution in [0, 0.1) is 12.7 Å². The molecule has 0 saturated carbocycles. The molecule has 39 heavy (non-hydrogen) atoms. The Labute approximate surface area is 230 Å². The van der Waals surface area contributed by atoms with Crippen LogP contribution >= 0.6 is 0 Å². The molecule has 2 aromatic heterocycles. The minimum atomic E-state index is -0.405. The van der Waals surface area contributed by atoms with Gasteiger partial charge in [0.15, 0.2) is 0 Å². The van der Waals surface area contributed by atoms with Gasteiger partial charge >= 0.3 is 0 Å². The monoisotopic (exact) mass is 539 g/mol. The third-order valence-electron chi connectivity index (χ3n) is 6.97. The van der Waals surface area contributed by atoms with Crippen molar-refractivity contribution in [2.45, 2.75) is 85.9 Å². The average Bonchev–Trinajstić information content (AvgIpc) is 3.29. The molecule has 0 fully saturated rings. The topological polar surface area (TPSA) is 90.3 Å². The summed E-state index contributed by atoms with van der Waals surface area (Å²) in [7, 11) is 3.47. The molecule has 0 aliphatic carbocycles. The Morgan fingerprint density at radius 3 is 2.41 bits per heavy atom. The molecular formula is C31H42FN3O4. The Morgan fingerprint density at radius 2 is 1.87 bits per heavy atom. The second-order valence-corrected chi connectivity index (χ2v) is 9.28. The van der Waals surface area contributed by atoms with Gasteiger partial charge in [0.2, 0.25) is 0 Å². The van der Waals surface area contributed by atoms with Crippen LogP contribution in [0.15, 0.2) is 23.0 Å². The normalized spacial score (nSPS) is 12.8. The van der Waals surface area contributed by atoms with Crippen molar-refractivity contribution in [1.29, 1.82) is 0 Å². The van der Waals surface area contributed by atoms with E-state index in [4.69, 9.17) is 14.5 Å². The highest BCUT2D eigenvalue weighted by Gasteiger charge is 2.31. The van der Waals surface area contributed by atoms with Gasteiger partial charge in [0.05, 0.1) is 30.1 Å². The van der Waals surface area contributed by atoms with Crippen LogP contribution in [0.3, 0.4) is 0 Å². The minimum Gasteiger partial charge on any atom is -0.380 e. The van der Waals surface area contributed by atoms with Crippen LogP contribution < -0.4 is 10.9 Å². The Morgan fingerprint density at radius 1 is 1.21 bits per heavy atom. The Hall–Kier alpha value is -3.23. The number of hydrogen-bond acceptors (Lipinski definition) is 6. The largest absolute Gasteiger partial charge is 0.380 e. The zero-order valence-electron chi connectivity index (χ0n) is 24.5. The highest BCUT2D eigenvalue weighted by atomic mass is 19.1. The van der Waals surface area contributed by atoms with E-state index in [0.717, 1.165) is 41.9 Å². The molecular weight excluding hydrogens is 497 g/mol. The number of pyridine rings is 2. The van der Waals surface area contributed by atoms with Crippen molar-refractivity contribution in [1.82, 2.24) is 14.9 Å². The van der Waals surface area contributed by atoms with Gasteiger partial charge in [0.1, 0.15) is 18.4 Å². The summed E-state index contributed by atoms with van der Waals surface area (Å²) < 4.78 is 21.6. The molecule has 8 heteroatoms. The number of aldehydes is 2. The van der Waals surface area contributed by atoms with Gasteiger partial charge in [-0.25, -0.2) is 9.37 Å². The molecule has 2 unspecified atom stereocenters. The first-order valence-corrected chi connectivity index (χ1v) is 13.7. The molecule has 0 spiro atoms. The van der Waals surface area contributed by atoms with Gasteiger partial charge in [-0.1, -0.05) is 34.1 Å². The number of aromatic nitrogens is 2. The smallest absolute Gasteiger partial charge is 0.257 e. The van der Waals surface area contributed by atoms with Crippen LogP contribution in [0.5, 0.6) is 0 Å². The first kappa shape index (κ1) is 32.0. The number of fused-ring (bicyclic) bond motifs is 4. The number of nitrogens with zero attached hydrogens (tertiary/aromatic N) is 2. The Bertz CT molecular complexity index is 1370. The van der Waals surface area contributed by atoms with Crippen molar-refractivity contribution >= 4 is 23.5 Å². The zero-order chi connectivity index (χ0) is 29.3. The van der Waals surface area contributed by atoms with Crippen LogP contribution in [0.4, 0.5) is 4.39 Å². The number of nitrogens with one attached hydrogen (secondary N) is 1. The van der Waals surface area contributed by atoms with E-state index in [0.29, 0.717) is 46.6 Å². The summed E-state index contributed by atoms with van der Waals surface area (Å²) in [5.74, 6) is -0.709. The van der Waals surface area contributed by atoms with E-state index in [1.807, 2.05) is 40.0 Å². The van der Waals surface area contributed by atoms with Gasteiger partial charge in [0.25, 0.3) is 5.56 Å². The standard InChI is InChI=1S/C27H32FN3O3.C2H4O.C2H6/c1-6-8-22(29-4)25-18-9-15(3)21(28)11-23(18)30-26-19(25)12-31-24(26)10-17(16(7-2)13-32)20(14-34-5)27(31)33;1-2-3;1-2/h9-11,13,16,22,29H,6-8,12,14H2,1-5H3;2H,1H3;1-2H3. The van der Waals surface area contributed by atoms with Crippen molar-refractivity contribution in [3.63, 3.8) is 0 Å². The van der Waals surface area contributed by atoms with E-state index in [9.17, 15) is 14.0 Å². The molecule has 2 atom stereocenters. The average molecular weight is 540 g/mol. The molecule has 3 heterocycles. The molecule has 0 amide bonds.